The Kier molecular flexibility index (Phi) is 11.6. The first kappa shape index (κ1) is 23.8. The number of nitrogens with zero attached hydrogens (tertiary/aromatic N) is 1. The van der Waals surface area contributed by atoms with Gasteiger partial charge in [-0.2, -0.15) is 13.2 Å². The van der Waals surface area contributed by atoms with E-state index >= 15 is 0 Å². The number of aliphatic imine (C=N–C) groups is 1. The van der Waals surface area contributed by atoms with Gasteiger partial charge in [0.2, 0.25) is 0 Å². The Morgan fingerprint density at radius 3 is 2.64 bits per heavy atom. The van der Waals surface area contributed by atoms with E-state index in [0.717, 1.165) is 12.1 Å². The van der Waals surface area contributed by atoms with Crippen molar-refractivity contribution in [1.82, 2.24) is 10.6 Å². The SMILES string of the molecule is CCNC(=NCCOc1cccc(C(F)(F)F)c1)NC(C)COC.I. The maximum Gasteiger partial charge on any atom is 0.416 e. The summed E-state index contributed by atoms with van der Waals surface area (Å²) in [5.74, 6) is 0.778. The van der Waals surface area contributed by atoms with E-state index in [0.29, 0.717) is 25.7 Å². The second kappa shape index (κ2) is 12.2. The Labute approximate surface area is 163 Å². The van der Waals surface area contributed by atoms with E-state index < -0.39 is 11.7 Å². The fourth-order valence-corrected chi connectivity index (χ4v) is 1.93. The average molecular weight is 475 g/mol. The standard InChI is InChI=1S/C16H24F3N3O2.HI/c1-4-20-15(22-12(2)11-23-3)21-8-9-24-14-7-5-6-13(10-14)16(17,18)19;/h5-7,10,12H,4,8-9,11H2,1-3H3,(H2,20,21,22);1H. The molecule has 9 heteroatoms. The number of halogens is 4. The van der Waals surface area contributed by atoms with E-state index in [1.165, 1.54) is 12.1 Å². The quantitative estimate of drug-likeness (QED) is 0.262. The highest BCUT2D eigenvalue weighted by Crippen LogP contribution is 2.31. The molecule has 0 aliphatic heterocycles. The van der Waals surface area contributed by atoms with E-state index in [9.17, 15) is 13.2 Å². The minimum Gasteiger partial charge on any atom is -0.492 e. The fraction of sp³-hybridized carbons (Fsp3) is 0.562. The third kappa shape index (κ3) is 9.73. The van der Waals surface area contributed by atoms with Crippen LogP contribution in [0, 0.1) is 0 Å². The zero-order chi connectivity index (χ0) is 18.0. The van der Waals surface area contributed by atoms with Crippen molar-refractivity contribution in [1.29, 1.82) is 0 Å². The number of alkyl halides is 3. The van der Waals surface area contributed by atoms with E-state index in [4.69, 9.17) is 9.47 Å². The second-order valence-corrected chi connectivity index (χ2v) is 5.14. The van der Waals surface area contributed by atoms with Gasteiger partial charge >= 0.3 is 6.18 Å². The van der Waals surface area contributed by atoms with Crippen molar-refractivity contribution in [3.05, 3.63) is 29.8 Å². The van der Waals surface area contributed by atoms with Gasteiger partial charge in [0.05, 0.1) is 18.7 Å². The minimum absolute atomic E-state index is 0. The lowest BCUT2D eigenvalue weighted by Crippen LogP contribution is -2.44. The normalized spacial score (nSPS) is 13.0. The Bertz CT molecular complexity index is 528. The molecule has 0 aliphatic carbocycles. The van der Waals surface area contributed by atoms with Crippen molar-refractivity contribution < 1.29 is 22.6 Å². The number of methoxy groups -OCH3 is 1. The highest BCUT2D eigenvalue weighted by Gasteiger charge is 2.30. The molecule has 25 heavy (non-hydrogen) atoms. The number of guanidine groups is 1. The van der Waals surface area contributed by atoms with E-state index in [-0.39, 0.29) is 42.4 Å². The summed E-state index contributed by atoms with van der Waals surface area (Å²) in [6.07, 6.45) is -4.38. The van der Waals surface area contributed by atoms with Crippen LogP contribution in [0.2, 0.25) is 0 Å². The monoisotopic (exact) mass is 475 g/mol. The van der Waals surface area contributed by atoms with Gasteiger partial charge in [0, 0.05) is 19.7 Å². The number of benzene rings is 1. The Morgan fingerprint density at radius 1 is 1.32 bits per heavy atom. The largest absolute Gasteiger partial charge is 0.492 e. The summed E-state index contributed by atoms with van der Waals surface area (Å²) in [6, 6.07) is 4.88. The van der Waals surface area contributed by atoms with Gasteiger partial charge in [-0.1, -0.05) is 6.07 Å². The lowest BCUT2D eigenvalue weighted by Gasteiger charge is -2.17. The zero-order valence-electron chi connectivity index (χ0n) is 14.5. The van der Waals surface area contributed by atoms with Gasteiger partial charge in [0.25, 0.3) is 0 Å². The summed E-state index contributed by atoms with van der Waals surface area (Å²) in [5.41, 5.74) is -0.730. The van der Waals surface area contributed by atoms with E-state index in [1.807, 2.05) is 13.8 Å². The van der Waals surface area contributed by atoms with Crippen LogP contribution in [0.5, 0.6) is 5.75 Å². The molecule has 0 fully saturated rings. The first-order chi connectivity index (χ1) is 11.4. The smallest absolute Gasteiger partial charge is 0.416 e. The number of hydrogen-bond donors (Lipinski definition) is 2. The molecule has 1 aromatic rings. The topological polar surface area (TPSA) is 54.9 Å². The van der Waals surface area contributed by atoms with Crippen LogP contribution in [-0.4, -0.2) is 45.4 Å². The molecule has 2 N–H and O–H groups in total. The van der Waals surface area contributed by atoms with Crippen LogP contribution in [0.25, 0.3) is 0 Å². The van der Waals surface area contributed by atoms with Crippen LogP contribution in [0.1, 0.15) is 19.4 Å². The van der Waals surface area contributed by atoms with Crippen molar-refractivity contribution >= 4 is 29.9 Å². The molecule has 1 aromatic carbocycles. The Hall–Kier alpha value is -1.23. The van der Waals surface area contributed by atoms with Crippen LogP contribution >= 0.6 is 24.0 Å². The van der Waals surface area contributed by atoms with Gasteiger partial charge in [-0.05, 0) is 32.0 Å². The molecule has 0 saturated carbocycles. The van der Waals surface area contributed by atoms with Crippen molar-refractivity contribution in [3.8, 4) is 5.75 Å². The van der Waals surface area contributed by atoms with Gasteiger partial charge in [-0.3, -0.25) is 0 Å². The molecule has 0 aromatic heterocycles. The highest BCUT2D eigenvalue weighted by atomic mass is 127. The summed E-state index contributed by atoms with van der Waals surface area (Å²) in [6.45, 7) is 5.61. The van der Waals surface area contributed by atoms with Crippen molar-refractivity contribution in [2.24, 2.45) is 4.99 Å². The molecule has 0 aliphatic rings. The number of ether oxygens (including phenoxy) is 2. The predicted octanol–water partition coefficient (Wildman–Crippen LogP) is 3.29. The second-order valence-electron chi connectivity index (χ2n) is 5.14. The van der Waals surface area contributed by atoms with Crippen molar-refractivity contribution in [2.75, 3.05) is 33.4 Å². The van der Waals surface area contributed by atoms with Crippen LogP contribution < -0.4 is 15.4 Å². The Balaban J connectivity index is 0.00000576. The van der Waals surface area contributed by atoms with Crippen LogP contribution in [0.15, 0.2) is 29.3 Å². The third-order valence-corrected chi connectivity index (χ3v) is 2.94. The lowest BCUT2D eigenvalue weighted by molar-refractivity contribution is -0.137. The summed E-state index contributed by atoms with van der Waals surface area (Å²) in [4.78, 5) is 4.31. The first-order valence-corrected chi connectivity index (χ1v) is 7.70. The van der Waals surface area contributed by atoms with Crippen LogP contribution in [0.4, 0.5) is 13.2 Å². The van der Waals surface area contributed by atoms with Crippen molar-refractivity contribution in [3.63, 3.8) is 0 Å². The molecule has 1 rings (SSSR count). The van der Waals surface area contributed by atoms with E-state index in [1.54, 1.807) is 7.11 Å². The molecule has 0 amide bonds. The Morgan fingerprint density at radius 2 is 2.04 bits per heavy atom. The maximum atomic E-state index is 12.6. The van der Waals surface area contributed by atoms with Crippen molar-refractivity contribution in [2.45, 2.75) is 26.1 Å². The average Bonchev–Trinajstić information content (AvgIpc) is 2.51. The molecule has 1 atom stereocenters. The summed E-state index contributed by atoms with van der Waals surface area (Å²) in [7, 11) is 1.62. The lowest BCUT2D eigenvalue weighted by atomic mass is 10.2. The van der Waals surface area contributed by atoms with Gasteiger partial charge < -0.3 is 20.1 Å². The first-order valence-electron chi connectivity index (χ1n) is 7.70. The van der Waals surface area contributed by atoms with Gasteiger partial charge in [-0.25, -0.2) is 4.99 Å². The molecule has 0 radical (unpaired) electrons. The molecule has 0 saturated heterocycles. The fourth-order valence-electron chi connectivity index (χ4n) is 1.93. The van der Waals surface area contributed by atoms with Gasteiger partial charge in [0.1, 0.15) is 12.4 Å². The summed E-state index contributed by atoms with van der Waals surface area (Å²) >= 11 is 0. The molecule has 0 bridgehead atoms. The molecular weight excluding hydrogens is 450 g/mol. The number of hydrogen-bond acceptors (Lipinski definition) is 3. The highest BCUT2D eigenvalue weighted by molar-refractivity contribution is 14.0. The molecular formula is C16H25F3IN3O2. The summed E-state index contributed by atoms with van der Waals surface area (Å²) < 4.78 is 48.3. The predicted molar refractivity (Wildman–Crippen MR) is 103 cm³/mol. The van der Waals surface area contributed by atoms with E-state index in [2.05, 4.69) is 15.6 Å². The zero-order valence-corrected chi connectivity index (χ0v) is 16.9. The van der Waals surface area contributed by atoms with Gasteiger partial charge in [0.15, 0.2) is 5.96 Å². The van der Waals surface area contributed by atoms with Crippen LogP contribution in [-0.2, 0) is 10.9 Å². The molecule has 144 valence electrons. The maximum absolute atomic E-state index is 12.6. The number of nitrogens with one attached hydrogen (secondary N) is 2. The molecule has 5 nitrogen and oxygen atoms in total. The molecule has 1 unspecified atom stereocenters. The minimum atomic E-state index is -4.38. The molecule has 0 heterocycles. The van der Waals surface area contributed by atoms with Gasteiger partial charge in [-0.15, -0.1) is 24.0 Å². The summed E-state index contributed by atoms with van der Waals surface area (Å²) in [5, 5.41) is 6.23. The molecule has 0 spiro atoms. The third-order valence-electron chi connectivity index (χ3n) is 2.94. The number of rotatable bonds is 8. The van der Waals surface area contributed by atoms with Crippen LogP contribution in [0.3, 0.4) is 0 Å².